The number of hydrogen-bond donors (Lipinski definition) is 1. The number of carbonyl (C=O) groups excluding carboxylic acids is 1. The number of fused-ring (bicyclic) bond motifs is 2. The number of nitrogens with one attached hydrogen (secondary N) is 1. The summed E-state index contributed by atoms with van der Waals surface area (Å²) in [6, 6.07) is 11.6. The van der Waals surface area contributed by atoms with Crippen molar-refractivity contribution in [1.82, 2.24) is 9.88 Å². The molecule has 1 amide bonds. The van der Waals surface area contributed by atoms with Crippen molar-refractivity contribution >= 4 is 45.0 Å². The van der Waals surface area contributed by atoms with Crippen molar-refractivity contribution in [3.63, 3.8) is 0 Å². The molecule has 0 aliphatic heterocycles. The number of carbonyl (C=O) groups is 1. The van der Waals surface area contributed by atoms with Crippen molar-refractivity contribution in [1.29, 1.82) is 0 Å². The third kappa shape index (κ3) is 4.30. The molecule has 1 heterocycles. The van der Waals surface area contributed by atoms with E-state index in [9.17, 15) is 4.79 Å². The lowest BCUT2D eigenvalue weighted by Crippen LogP contribution is -2.29. The monoisotopic (exact) mass is 399 g/mol. The van der Waals surface area contributed by atoms with E-state index >= 15 is 0 Å². The minimum absolute atomic E-state index is 0.128. The zero-order chi connectivity index (χ0) is 20.1. The molecule has 0 atom stereocenters. The predicted octanol–water partition coefficient (Wildman–Crippen LogP) is 5.11. The van der Waals surface area contributed by atoms with E-state index in [1.54, 1.807) is 14.0 Å². The number of benzene rings is 2. The normalized spacial score (nSPS) is 11.0. The Bertz CT molecular complexity index is 990. The highest BCUT2D eigenvalue weighted by molar-refractivity contribution is 6.31. The van der Waals surface area contributed by atoms with Crippen LogP contribution in [0.4, 0.5) is 5.69 Å². The lowest BCUT2D eigenvalue weighted by atomic mass is 10.1. The maximum absolute atomic E-state index is 11.5. The molecule has 0 saturated heterocycles. The van der Waals surface area contributed by atoms with E-state index in [1.807, 2.05) is 48.2 Å². The van der Waals surface area contributed by atoms with E-state index in [4.69, 9.17) is 21.3 Å². The number of aromatic nitrogens is 1. The third-order valence-electron chi connectivity index (χ3n) is 4.93. The molecule has 0 aliphatic carbocycles. The summed E-state index contributed by atoms with van der Waals surface area (Å²) in [5.74, 6) is 0.918. The van der Waals surface area contributed by atoms with Crippen LogP contribution in [-0.4, -0.2) is 42.5 Å². The molecule has 5 nitrogen and oxygen atoms in total. The van der Waals surface area contributed by atoms with Crippen LogP contribution >= 0.6 is 11.6 Å². The van der Waals surface area contributed by atoms with Crippen molar-refractivity contribution < 1.29 is 9.53 Å². The summed E-state index contributed by atoms with van der Waals surface area (Å²) in [4.78, 5) is 18.2. The molecule has 0 bridgehead atoms. The first kappa shape index (κ1) is 20.2. The van der Waals surface area contributed by atoms with Gasteiger partial charge in [0.1, 0.15) is 5.75 Å². The zero-order valence-corrected chi connectivity index (χ0v) is 17.3. The molecular weight excluding hydrogens is 374 g/mol. The summed E-state index contributed by atoms with van der Waals surface area (Å²) in [6.45, 7) is 5.95. The van der Waals surface area contributed by atoms with Gasteiger partial charge in [0.15, 0.2) is 0 Å². The Morgan fingerprint density at radius 3 is 2.75 bits per heavy atom. The Morgan fingerprint density at radius 2 is 2.04 bits per heavy atom. The Morgan fingerprint density at radius 1 is 1.21 bits per heavy atom. The topological polar surface area (TPSA) is 54.5 Å². The molecule has 0 saturated carbocycles. The summed E-state index contributed by atoms with van der Waals surface area (Å²) >= 11 is 6.18. The number of rotatable bonds is 8. The molecular formula is C22H26ClN3O2. The van der Waals surface area contributed by atoms with Gasteiger partial charge in [-0.1, -0.05) is 17.7 Å². The Labute approximate surface area is 170 Å². The molecule has 1 aromatic heterocycles. The Kier molecular flexibility index (Phi) is 6.57. The molecule has 0 aliphatic rings. The van der Waals surface area contributed by atoms with E-state index in [1.165, 1.54) is 0 Å². The number of unbranched alkanes of at least 4 members (excludes halogenated alkanes) is 1. The van der Waals surface area contributed by atoms with Gasteiger partial charge in [-0.25, -0.2) is 4.98 Å². The van der Waals surface area contributed by atoms with Gasteiger partial charge >= 0.3 is 0 Å². The van der Waals surface area contributed by atoms with Crippen LogP contribution in [0.3, 0.4) is 0 Å². The summed E-state index contributed by atoms with van der Waals surface area (Å²) in [6.07, 6.45) is 1.90. The Hall–Kier alpha value is -2.53. The lowest BCUT2D eigenvalue weighted by molar-refractivity contribution is -0.128. The van der Waals surface area contributed by atoms with E-state index in [-0.39, 0.29) is 5.91 Å². The minimum atomic E-state index is 0.128. The van der Waals surface area contributed by atoms with Gasteiger partial charge in [0.2, 0.25) is 5.91 Å². The third-order valence-corrected chi connectivity index (χ3v) is 5.16. The van der Waals surface area contributed by atoms with Crippen LogP contribution in [-0.2, 0) is 4.79 Å². The van der Waals surface area contributed by atoms with Gasteiger partial charge < -0.3 is 15.0 Å². The smallest absolute Gasteiger partial charge is 0.219 e. The van der Waals surface area contributed by atoms with Gasteiger partial charge in [-0.3, -0.25) is 4.79 Å². The molecule has 3 rings (SSSR count). The van der Waals surface area contributed by atoms with Crippen LogP contribution in [0.2, 0.25) is 5.02 Å². The van der Waals surface area contributed by atoms with E-state index in [0.717, 1.165) is 65.7 Å². The van der Waals surface area contributed by atoms with E-state index in [0.29, 0.717) is 5.02 Å². The zero-order valence-electron chi connectivity index (χ0n) is 16.6. The number of hydrogen-bond acceptors (Lipinski definition) is 4. The largest absolute Gasteiger partial charge is 0.496 e. The average Bonchev–Trinajstić information content (AvgIpc) is 2.68. The van der Waals surface area contributed by atoms with Crippen LogP contribution in [0.1, 0.15) is 26.7 Å². The SMILES string of the molecule is CCN(CCCCNc1c2ccc(Cl)cc2nc2cccc(OC)c12)C(C)=O. The van der Waals surface area contributed by atoms with Gasteiger partial charge in [-0.2, -0.15) is 0 Å². The number of amides is 1. The van der Waals surface area contributed by atoms with Crippen molar-refractivity contribution in [3.8, 4) is 5.75 Å². The first-order valence-electron chi connectivity index (χ1n) is 9.60. The van der Waals surface area contributed by atoms with Gasteiger partial charge in [-0.15, -0.1) is 0 Å². The quantitative estimate of drug-likeness (QED) is 0.422. The van der Waals surface area contributed by atoms with Crippen LogP contribution in [0, 0.1) is 0 Å². The van der Waals surface area contributed by atoms with Crippen molar-refractivity contribution in [2.24, 2.45) is 0 Å². The van der Waals surface area contributed by atoms with Crippen LogP contribution in [0.5, 0.6) is 5.75 Å². The minimum Gasteiger partial charge on any atom is -0.496 e. The fourth-order valence-corrected chi connectivity index (χ4v) is 3.64. The molecule has 1 N–H and O–H groups in total. The summed E-state index contributed by atoms with van der Waals surface area (Å²) < 4.78 is 5.59. The van der Waals surface area contributed by atoms with Crippen LogP contribution in [0.25, 0.3) is 21.8 Å². The molecule has 6 heteroatoms. The summed E-state index contributed by atoms with van der Waals surface area (Å²) in [5.41, 5.74) is 2.72. The van der Waals surface area contributed by atoms with Crippen molar-refractivity contribution in [2.75, 3.05) is 32.1 Å². The second-order valence-electron chi connectivity index (χ2n) is 6.74. The fraction of sp³-hybridized carbons (Fsp3) is 0.364. The highest BCUT2D eigenvalue weighted by atomic mass is 35.5. The molecule has 3 aromatic rings. The fourth-order valence-electron chi connectivity index (χ4n) is 3.47. The number of ether oxygens (including phenoxy) is 1. The average molecular weight is 400 g/mol. The lowest BCUT2D eigenvalue weighted by Gasteiger charge is -2.19. The predicted molar refractivity (Wildman–Crippen MR) is 116 cm³/mol. The van der Waals surface area contributed by atoms with Gasteiger partial charge in [0.05, 0.1) is 29.2 Å². The number of pyridine rings is 1. The maximum Gasteiger partial charge on any atom is 0.219 e. The van der Waals surface area contributed by atoms with E-state index < -0.39 is 0 Å². The van der Waals surface area contributed by atoms with Crippen molar-refractivity contribution in [3.05, 3.63) is 41.4 Å². The first-order valence-corrected chi connectivity index (χ1v) is 9.98. The molecule has 148 valence electrons. The maximum atomic E-state index is 11.5. The molecule has 0 spiro atoms. The molecule has 0 radical (unpaired) electrons. The highest BCUT2D eigenvalue weighted by Crippen LogP contribution is 2.37. The number of anilines is 1. The summed E-state index contributed by atoms with van der Waals surface area (Å²) in [5, 5.41) is 6.23. The van der Waals surface area contributed by atoms with Gasteiger partial charge in [0, 0.05) is 37.0 Å². The Balaban J connectivity index is 1.86. The number of methoxy groups -OCH3 is 1. The summed E-state index contributed by atoms with van der Waals surface area (Å²) in [7, 11) is 1.67. The molecule has 28 heavy (non-hydrogen) atoms. The number of nitrogens with zero attached hydrogens (tertiary/aromatic N) is 2. The standard InChI is InChI=1S/C22H26ClN3O2/c1-4-26(15(2)27)13-6-5-12-24-22-17-11-10-16(23)14-19(17)25-18-8-7-9-20(28-3)21(18)22/h7-11,14H,4-6,12-13H2,1-3H3,(H,24,25). The van der Waals surface area contributed by atoms with Gasteiger partial charge in [-0.05, 0) is 50.1 Å². The van der Waals surface area contributed by atoms with Crippen LogP contribution in [0.15, 0.2) is 36.4 Å². The van der Waals surface area contributed by atoms with Crippen LogP contribution < -0.4 is 10.1 Å². The number of halogens is 1. The first-order chi connectivity index (χ1) is 13.5. The highest BCUT2D eigenvalue weighted by Gasteiger charge is 2.13. The second kappa shape index (κ2) is 9.11. The molecule has 2 aromatic carbocycles. The van der Waals surface area contributed by atoms with Gasteiger partial charge in [0.25, 0.3) is 0 Å². The second-order valence-corrected chi connectivity index (χ2v) is 7.17. The molecule has 0 fully saturated rings. The van der Waals surface area contributed by atoms with Crippen molar-refractivity contribution in [2.45, 2.75) is 26.7 Å². The van der Waals surface area contributed by atoms with E-state index in [2.05, 4.69) is 5.32 Å². The molecule has 0 unspecified atom stereocenters.